The van der Waals surface area contributed by atoms with Gasteiger partial charge in [0.15, 0.2) is 0 Å². The second-order valence-electron chi connectivity index (χ2n) is 6.89. The number of benzene rings is 3. The SMILES string of the molecule is Cc1ccc(/C(O)=C2\C(=O)C(=O)N(c3ccccc3)C2c2ccccc2F)cc1. The largest absolute Gasteiger partial charge is 0.507 e. The Hall–Kier alpha value is -3.73. The number of anilines is 1. The number of carbonyl (C=O) groups excluding carboxylic acids is 2. The fourth-order valence-corrected chi connectivity index (χ4v) is 3.55. The van der Waals surface area contributed by atoms with Gasteiger partial charge >= 0.3 is 0 Å². The van der Waals surface area contributed by atoms with E-state index in [2.05, 4.69) is 0 Å². The van der Waals surface area contributed by atoms with Crippen molar-refractivity contribution in [1.82, 2.24) is 0 Å². The number of halogens is 1. The van der Waals surface area contributed by atoms with Crippen molar-refractivity contribution >= 4 is 23.1 Å². The van der Waals surface area contributed by atoms with Gasteiger partial charge in [-0.3, -0.25) is 14.5 Å². The molecule has 1 unspecified atom stereocenters. The van der Waals surface area contributed by atoms with Crippen LogP contribution in [0.1, 0.15) is 22.7 Å². The summed E-state index contributed by atoms with van der Waals surface area (Å²) in [5, 5.41) is 10.9. The first kappa shape index (κ1) is 18.6. The lowest BCUT2D eigenvalue weighted by Gasteiger charge is -2.25. The molecule has 1 heterocycles. The Morgan fingerprint density at radius 2 is 1.52 bits per heavy atom. The number of aliphatic hydroxyl groups is 1. The molecule has 0 aromatic heterocycles. The molecule has 1 fully saturated rings. The van der Waals surface area contributed by atoms with Gasteiger partial charge in [-0.15, -0.1) is 0 Å². The van der Waals surface area contributed by atoms with Gasteiger partial charge in [-0.2, -0.15) is 0 Å². The van der Waals surface area contributed by atoms with Crippen LogP contribution < -0.4 is 4.90 Å². The molecular weight excluding hydrogens is 369 g/mol. The first-order valence-electron chi connectivity index (χ1n) is 9.16. The summed E-state index contributed by atoms with van der Waals surface area (Å²) in [6, 6.07) is 20.4. The van der Waals surface area contributed by atoms with Crippen LogP contribution in [0.3, 0.4) is 0 Å². The topological polar surface area (TPSA) is 57.6 Å². The summed E-state index contributed by atoms with van der Waals surface area (Å²) in [4.78, 5) is 27.1. The Kier molecular flexibility index (Phi) is 4.72. The van der Waals surface area contributed by atoms with E-state index in [-0.39, 0.29) is 16.9 Å². The highest BCUT2D eigenvalue weighted by molar-refractivity contribution is 6.51. The smallest absolute Gasteiger partial charge is 0.300 e. The van der Waals surface area contributed by atoms with Crippen LogP contribution in [-0.4, -0.2) is 16.8 Å². The molecule has 4 rings (SSSR count). The Balaban J connectivity index is 1.97. The summed E-state index contributed by atoms with van der Waals surface area (Å²) in [5.41, 5.74) is 1.84. The number of hydrogen-bond acceptors (Lipinski definition) is 3. The average Bonchev–Trinajstić information content (AvgIpc) is 3.00. The maximum Gasteiger partial charge on any atom is 0.300 e. The third-order valence-corrected chi connectivity index (χ3v) is 5.00. The summed E-state index contributed by atoms with van der Waals surface area (Å²) in [7, 11) is 0. The van der Waals surface area contributed by atoms with E-state index in [1.54, 1.807) is 60.7 Å². The summed E-state index contributed by atoms with van der Waals surface area (Å²) in [5.74, 6) is -2.54. The van der Waals surface area contributed by atoms with Crippen LogP contribution in [0.2, 0.25) is 0 Å². The first-order valence-corrected chi connectivity index (χ1v) is 9.16. The van der Waals surface area contributed by atoms with E-state index in [1.165, 1.54) is 23.1 Å². The molecule has 5 heteroatoms. The van der Waals surface area contributed by atoms with Crippen molar-refractivity contribution in [2.24, 2.45) is 0 Å². The minimum Gasteiger partial charge on any atom is -0.507 e. The zero-order valence-corrected chi connectivity index (χ0v) is 15.7. The van der Waals surface area contributed by atoms with Crippen molar-refractivity contribution in [3.63, 3.8) is 0 Å². The third-order valence-electron chi connectivity index (χ3n) is 5.00. The van der Waals surface area contributed by atoms with E-state index in [4.69, 9.17) is 0 Å². The summed E-state index contributed by atoms with van der Waals surface area (Å²) < 4.78 is 14.7. The van der Waals surface area contributed by atoms with Crippen molar-refractivity contribution in [2.75, 3.05) is 4.90 Å². The number of hydrogen-bond donors (Lipinski definition) is 1. The van der Waals surface area contributed by atoms with Gasteiger partial charge in [0.25, 0.3) is 11.7 Å². The van der Waals surface area contributed by atoms with Crippen LogP contribution in [-0.2, 0) is 9.59 Å². The summed E-state index contributed by atoms with van der Waals surface area (Å²) >= 11 is 0. The van der Waals surface area contributed by atoms with Gasteiger partial charge in [0.1, 0.15) is 11.6 Å². The first-order chi connectivity index (χ1) is 14.0. The molecular formula is C24H18FNO3. The average molecular weight is 387 g/mol. The van der Waals surface area contributed by atoms with E-state index in [1.807, 2.05) is 6.92 Å². The van der Waals surface area contributed by atoms with Crippen molar-refractivity contribution < 1.29 is 19.1 Å². The maximum atomic E-state index is 14.7. The molecule has 29 heavy (non-hydrogen) atoms. The van der Waals surface area contributed by atoms with Crippen LogP contribution in [0.15, 0.2) is 84.4 Å². The minimum absolute atomic E-state index is 0.132. The van der Waals surface area contributed by atoms with Gasteiger partial charge < -0.3 is 5.11 Å². The second-order valence-corrected chi connectivity index (χ2v) is 6.89. The van der Waals surface area contributed by atoms with Crippen LogP contribution in [0, 0.1) is 12.7 Å². The number of amides is 1. The predicted molar refractivity (Wildman–Crippen MR) is 109 cm³/mol. The molecule has 1 amide bonds. The monoisotopic (exact) mass is 387 g/mol. The van der Waals surface area contributed by atoms with Gasteiger partial charge in [0.2, 0.25) is 0 Å². The van der Waals surface area contributed by atoms with Gasteiger partial charge in [0.05, 0.1) is 11.6 Å². The quantitative estimate of drug-likeness (QED) is 0.400. The molecule has 0 aliphatic carbocycles. The molecule has 0 radical (unpaired) electrons. The summed E-state index contributed by atoms with van der Waals surface area (Å²) in [6.45, 7) is 1.90. The zero-order chi connectivity index (χ0) is 20.5. The van der Waals surface area contributed by atoms with Gasteiger partial charge in [0, 0.05) is 16.8 Å². The van der Waals surface area contributed by atoms with E-state index >= 15 is 0 Å². The molecule has 0 bridgehead atoms. The lowest BCUT2D eigenvalue weighted by molar-refractivity contribution is -0.132. The summed E-state index contributed by atoms with van der Waals surface area (Å²) in [6.07, 6.45) is 0. The van der Waals surface area contributed by atoms with E-state index in [0.717, 1.165) is 5.56 Å². The van der Waals surface area contributed by atoms with Crippen molar-refractivity contribution in [3.05, 3.63) is 107 Å². The molecule has 144 valence electrons. The molecule has 1 N–H and O–H groups in total. The molecule has 1 saturated heterocycles. The molecule has 0 saturated carbocycles. The molecule has 3 aromatic carbocycles. The van der Waals surface area contributed by atoms with E-state index in [0.29, 0.717) is 11.3 Å². The number of rotatable bonds is 3. The highest BCUT2D eigenvalue weighted by atomic mass is 19.1. The lowest BCUT2D eigenvalue weighted by atomic mass is 9.94. The molecule has 1 atom stereocenters. The molecule has 3 aromatic rings. The van der Waals surface area contributed by atoms with Crippen molar-refractivity contribution in [1.29, 1.82) is 0 Å². The lowest BCUT2D eigenvalue weighted by Crippen LogP contribution is -2.29. The highest BCUT2D eigenvalue weighted by Gasteiger charge is 2.47. The molecule has 0 spiro atoms. The number of aryl methyl sites for hydroxylation is 1. The Labute approximate surface area is 167 Å². The minimum atomic E-state index is -1.07. The number of aliphatic hydroxyl groups excluding tert-OH is 1. The van der Waals surface area contributed by atoms with Gasteiger partial charge in [-0.05, 0) is 25.1 Å². The van der Waals surface area contributed by atoms with Crippen LogP contribution in [0.5, 0.6) is 0 Å². The third kappa shape index (κ3) is 3.21. The van der Waals surface area contributed by atoms with Crippen molar-refractivity contribution in [3.8, 4) is 0 Å². The number of ketones is 1. The van der Waals surface area contributed by atoms with Gasteiger partial charge in [-0.25, -0.2) is 4.39 Å². The number of carbonyl (C=O) groups is 2. The fourth-order valence-electron chi connectivity index (χ4n) is 3.55. The Bertz CT molecular complexity index is 1120. The van der Waals surface area contributed by atoms with Crippen LogP contribution >= 0.6 is 0 Å². The predicted octanol–water partition coefficient (Wildman–Crippen LogP) is 4.76. The van der Waals surface area contributed by atoms with Gasteiger partial charge in [-0.1, -0.05) is 66.2 Å². The molecule has 1 aliphatic heterocycles. The molecule has 1 aliphatic rings. The maximum absolute atomic E-state index is 14.7. The van der Waals surface area contributed by atoms with Crippen molar-refractivity contribution in [2.45, 2.75) is 13.0 Å². The number of nitrogens with zero attached hydrogens (tertiary/aromatic N) is 1. The second kappa shape index (κ2) is 7.36. The van der Waals surface area contributed by atoms with E-state index < -0.39 is 23.5 Å². The normalized spacial score (nSPS) is 18.3. The number of Topliss-reactive ketones (excluding diaryl/α,β-unsaturated/α-hetero) is 1. The van der Waals surface area contributed by atoms with E-state index in [9.17, 15) is 19.1 Å². The highest BCUT2D eigenvalue weighted by Crippen LogP contribution is 2.42. The van der Waals surface area contributed by atoms with Crippen LogP contribution in [0.25, 0.3) is 5.76 Å². The molecule has 4 nitrogen and oxygen atoms in total. The Morgan fingerprint density at radius 3 is 2.17 bits per heavy atom. The van der Waals surface area contributed by atoms with Crippen LogP contribution in [0.4, 0.5) is 10.1 Å². The standard InChI is InChI=1S/C24H18FNO3/c1-15-11-13-16(14-12-15)22(27)20-21(18-9-5-6-10-19(18)25)26(24(29)23(20)28)17-7-3-2-4-8-17/h2-14,21,27H,1H3/b22-20+. The number of para-hydroxylation sites is 1. The Morgan fingerprint density at radius 1 is 0.897 bits per heavy atom. The zero-order valence-electron chi connectivity index (χ0n) is 15.7. The fraction of sp³-hybridized carbons (Fsp3) is 0.0833.